The quantitative estimate of drug-likeness (QED) is 0.858. The van der Waals surface area contributed by atoms with Crippen molar-refractivity contribution in [2.45, 2.75) is 40.7 Å². The minimum Gasteiger partial charge on any atom is -0.369 e. The first-order valence-electron chi connectivity index (χ1n) is 9.13. The Morgan fingerprint density at radius 3 is 2.32 bits per heavy atom. The Hall–Kier alpha value is -1.88. The fourth-order valence-electron chi connectivity index (χ4n) is 3.38. The molecule has 138 valence electrons. The van der Waals surface area contributed by atoms with E-state index in [-0.39, 0.29) is 23.7 Å². The summed E-state index contributed by atoms with van der Waals surface area (Å²) < 4.78 is 0. The van der Waals surface area contributed by atoms with Crippen molar-refractivity contribution in [3.63, 3.8) is 0 Å². The van der Waals surface area contributed by atoms with Gasteiger partial charge in [-0.25, -0.2) is 0 Å². The Balaban J connectivity index is 1.87. The fourth-order valence-corrected chi connectivity index (χ4v) is 3.38. The lowest BCUT2D eigenvalue weighted by Crippen LogP contribution is -2.52. The molecule has 0 saturated carbocycles. The predicted octanol–water partition coefficient (Wildman–Crippen LogP) is 2.16. The van der Waals surface area contributed by atoms with Crippen LogP contribution in [0.25, 0.3) is 0 Å². The number of nitrogens with zero attached hydrogens (tertiary/aromatic N) is 2. The van der Waals surface area contributed by atoms with Gasteiger partial charge in [0.05, 0.1) is 12.6 Å². The molecule has 1 aromatic rings. The molecule has 1 atom stereocenters. The number of carbonyl (C=O) groups excluding carboxylic acids is 2. The zero-order chi connectivity index (χ0) is 18.6. The van der Waals surface area contributed by atoms with Crippen molar-refractivity contribution in [1.82, 2.24) is 10.2 Å². The highest BCUT2D eigenvalue weighted by Crippen LogP contribution is 2.23. The van der Waals surface area contributed by atoms with Crippen LogP contribution in [0.1, 0.15) is 31.9 Å². The van der Waals surface area contributed by atoms with Gasteiger partial charge < -0.3 is 10.2 Å². The number of rotatable bonds is 6. The summed E-state index contributed by atoms with van der Waals surface area (Å²) in [4.78, 5) is 28.5. The summed E-state index contributed by atoms with van der Waals surface area (Å²) in [5, 5.41) is 2.88. The van der Waals surface area contributed by atoms with Crippen LogP contribution in [0.15, 0.2) is 18.2 Å². The van der Waals surface area contributed by atoms with Crippen LogP contribution in [0.4, 0.5) is 5.69 Å². The standard InChI is InChI=1S/C20H31N3O2/c1-14(2)20(17(5)24)21-19(25)13-22-9-11-23(12-10-22)18-8-6-7-15(3)16(18)4/h6-8,14,20H,9-13H2,1-5H3,(H,21,25). The van der Waals surface area contributed by atoms with E-state index in [4.69, 9.17) is 0 Å². The summed E-state index contributed by atoms with van der Waals surface area (Å²) in [6, 6.07) is 6.03. The van der Waals surface area contributed by atoms with Crippen LogP contribution in [0.3, 0.4) is 0 Å². The van der Waals surface area contributed by atoms with Crippen LogP contribution in [-0.4, -0.2) is 55.4 Å². The third kappa shape index (κ3) is 5.05. The number of hydrogen-bond donors (Lipinski definition) is 1. The topological polar surface area (TPSA) is 52.7 Å². The van der Waals surface area contributed by atoms with Crippen molar-refractivity contribution < 1.29 is 9.59 Å². The van der Waals surface area contributed by atoms with Gasteiger partial charge in [0, 0.05) is 31.9 Å². The van der Waals surface area contributed by atoms with Gasteiger partial charge >= 0.3 is 0 Å². The number of piperazine rings is 1. The highest BCUT2D eigenvalue weighted by atomic mass is 16.2. The maximum absolute atomic E-state index is 12.3. The van der Waals surface area contributed by atoms with Gasteiger partial charge in [-0.2, -0.15) is 0 Å². The molecule has 0 bridgehead atoms. The van der Waals surface area contributed by atoms with Gasteiger partial charge in [-0.1, -0.05) is 26.0 Å². The van der Waals surface area contributed by atoms with Crippen LogP contribution in [0.5, 0.6) is 0 Å². The molecule has 1 saturated heterocycles. The monoisotopic (exact) mass is 345 g/mol. The molecule has 0 aliphatic carbocycles. The van der Waals surface area contributed by atoms with Gasteiger partial charge in [-0.15, -0.1) is 0 Å². The second-order valence-corrected chi connectivity index (χ2v) is 7.38. The van der Waals surface area contributed by atoms with Crippen LogP contribution < -0.4 is 10.2 Å². The van der Waals surface area contributed by atoms with E-state index in [1.807, 2.05) is 13.8 Å². The number of benzene rings is 1. The minimum atomic E-state index is -0.385. The Morgan fingerprint density at radius 1 is 1.12 bits per heavy atom. The second kappa shape index (κ2) is 8.48. The van der Waals surface area contributed by atoms with E-state index in [9.17, 15) is 9.59 Å². The van der Waals surface area contributed by atoms with Crippen molar-refractivity contribution in [3.05, 3.63) is 29.3 Å². The second-order valence-electron chi connectivity index (χ2n) is 7.38. The largest absolute Gasteiger partial charge is 0.369 e. The highest BCUT2D eigenvalue weighted by Gasteiger charge is 2.24. The van der Waals surface area contributed by atoms with Gasteiger partial charge in [0.15, 0.2) is 5.78 Å². The summed E-state index contributed by atoms with van der Waals surface area (Å²) in [6.07, 6.45) is 0. The molecule has 1 aliphatic heterocycles. The third-order valence-electron chi connectivity index (χ3n) is 5.08. The molecule has 0 radical (unpaired) electrons. The summed E-state index contributed by atoms with van der Waals surface area (Å²) in [5.41, 5.74) is 3.93. The number of aryl methyl sites for hydroxylation is 1. The van der Waals surface area contributed by atoms with Crippen molar-refractivity contribution in [2.24, 2.45) is 5.92 Å². The Kier molecular flexibility index (Phi) is 6.59. The normalized spacial score (nSPS) is 16.8. The van der Waals surface area contributed by atoms with Crippen LogP contribution in [0, 0.1) is 19.8 Å². The molecule has 5 nitrogen and oxygen atoms in total. The number of hydrogen-bond acceptors (Lipinski definition) is 4. The fraction of sp³-hybridized carbons (Fsp3) is 0.600. The first kappa shape index (κ1) is 19.4. The van der Waals surface area contributed by atoms with Crippen LogP contribution in [-0.2, 0) is 9.59 Å². The average Bonchev–Trinajstić information content (AvgIpc) is 2.55. The number of amides is 1. The molecular formula is C20H31N3O2. The lowest BCUT2D eigenvalue weighted by atomic mass is 10.0. The van der Waals surface area contributed by atoms with Crippen molar-refractivity contribution in [2.75, 3.05) is 37.6 Å². The van der Waals surface area contributed by atoms with E-state index in [2.05, 4.69) is 47.2 Å². The Morgan fingerprint density at radius 2 is 1.76 bits per heavy atom. The zero-order valence-electron chi connectivity index (χ0n) is 16.1. The molecule has 1 aromatic carbocycles. The van der Waals surface area contributed by atoms with E-state index in [1.54, 1.807) is 0 Å². The highest BCUT2D eigenvalue weighted by molar-refractivity contribution is 5.88. The lowest BCUT2D eigenvalue weighted by molar-refractivity contribution is -0.128. The van der Waals surface area contributed by atoms with E-state index in [1.165, 1.54) is 23.7 Å². The maximum Gasteiger partial charge on any atom is 0.234 e. The molecule has 0 aromatic heterocycles. The van der Waals surface area contributed by atoms with E-state index >= 15 is 0 Å². The van der Waals surface area contributed by atoms with Crippen LogP contribution in [0.2, 0.25) is 0 Å². The van der Waals surface area contributed by atoms with Gasteiger partial charge in [0.2, 0.25) is 5.91 Å². The summed E-state index contributed by atoms with van der Waals surface area (Å²) >= 11 is 0. The lowest BCUT2D eigenvalue weighted by Gasteiger charge is -2.37. The van der Waals surface area contributed by atoms with Gasteiger partial charge in [0.1, 0.15) is 0 Å². The first-order valence-corrected chi connectivity index (χ1v) is 9.13. The molecule has 0 spiro atoms. The first-order chi connectivity index (χ1) is 11.8. The molecular weight excluding hydrogens is 314 g/mol. The smallest absolute Gasteiger partial charge is 0.234 e. The molecule has 25 heavy (non-hydrogen) atoms. The summed E-state index contributed by atoms with van der Waals surface area (Å²) in [7, 11) is 0. The number of nitrogens with one attached hydrogen (secondary N) is 1. The number of anilines is 1. The van der Waals surface area contributed by atoms with E-state index in [0.29, 0.717) is 6.54 Å². The third-order valence-corrected chi connectivity index (χ3v) is 5.08. The van der Waals surface area contributed by atoms with Gasteiger partial charge in [-0.05, 0) is 43.9 Å². The number of Topliss-reactive ketones (excluding diaryl/α,β-unsaturated/α-hetero) is 1. The van der Waals surface area contributed by atoms with Crippen LogP contribution >= 0.6 is 0 Å². The van der Waals surface area contributed by atoms with E-state index in [0.717, 1.165) is 26.2 Å². The molecule has 1 fully saturated rings. The Labute approximate surface area is 151 Å². The average molecular weight is 345 g/mol. The summed E-state index contributed by atoms with van der Waals surface area (Å²) in [5.74, 6) is 0.0692. The molecule has 1 unspecified atom stereocenters. The van der Waals surface area contributed by atoms with E-state index < -0.39 is 0 Å². The number of ketones is 1. The van der Waals surface area contributed by atoms with Crippen molar-refractivity contribution >= 4 is 17.4 Å². The van der Waals surface area contributed by atoms with Crippen molar-refractivity contribution in [1.29, 1.82) is 0 Å². The molecule has 1 aliphatic rings. The van der Waals surface area contributed by atoms with Gasteiger partial charge in [-0.3, -0.25) is 14.5 Å². The minimum absolute atomic E-state index is 0.0168. The SMILES string of the molecule is CC(=O)C(NC(=O)CN1CCN(c2cccc(C)c2C)CC1)C(C)C. The molecule has 2 rings (SSSR count). The molecule has 1 heterocycles. The summed E-state index contributed by atoms with van der Waals surface area (Å²) in [6.45, 7) is 13.6. The van der Waals surface area contributed by atoms with Crippen molar-refractivity contribution in [3.8, 4) is 0 Å². The molecule has 1 amide bonds. The zero-order valence-corrected chi connectivity index (χ0v) is 16.1. The molecule has 5 heteroatoms. The predicted molar refractivity (Wildman–Crippen MR) is 102 cm³/mol. The van der Waals surface area contributed by atoms with Gasteiger partial charge in [0.25, 0.3) is 0 Å². The number of carbonyl (C=O) groups is 2. The molecule has 1 N–H and O–H groups in total. The maximum atomic E-state index is 12.3. The Bertz CT molecular complexity index is 619.